The van der Waals surface area contributed by atoms with Crippen molar-refractivity contribution in [3.8, 4) is 11.6 Å². The van der Waals surface area contributed by atoms with Gasteiger partial charge in [-0.15, -0.1) is 0 Å². The van der Waals surface area contributed by atoms with Crippen LogP contribution in [0, 0.1) is 5.82 Å². The van der Waals surface area contributed by atoms with Crippen molar-refractivity contribution in [2.24, 2.45) is 0 Å². The van der Waals surface area contributed by atoms with E-state index in [1.54, 1.807) is 30.7 Å². The van der Waals surface area contributed by atoms with Gasteiger partial charge in [0.1, 0.15) is 5.82 Å². The SMILES string of the molecule is O=C(CCCCCCO)c1cc(F)cc(N2CCc3nc(-c4ncccn4)ncc3C2)c1. The van der Waals surface area contributed by atoms with E-state index in [2.05, 4.69) is 19.9 Å². The number of aliphatic hydroxyl groups is 1. The van der Waals surface area contributed by atoms with Crippen LogP contribution in [0.25, 0.3) is 11.6 Å². The largest absolute Gasteiger partial charge is 0.396 e. The minimum absolute atomic E-state index is 0.0528. The summed E-state index contributed by atoms with van der Waals surface area (Å²) >= 11 is 0. The van der Waals surface area contributed by atoms with E-state index >= 15 is 0 Å². The second-order valence-corrected chi connectivity index (χ2v) is 7.92. The van der Waals surface area contributed by atoms with Crippen LogP contribution in [0.2, 0.25) is 0 Å². The number of benzene rings is 1. The Balaban J connectivity index is 1.45. The van der Waals surface area contributed by atoms with E-state index in [1.165, 1.54) is 12.1 Å². The standard InChI is InChI=1S/C24H26FN5O2/c25-19-12-17(22(32)6-3-1-2-4-11-31)13-20(14-19)30-10-7-21-18(16-30)15-28-24(29-21)23-26-8-5-9-27-23/h5,8-9,12-15,31H,1-4,6-7,10-11,16H2. The maximum Gasteiger partial charge on any atom is 0.197 e. The molecular weight excluding hydrogens is 409 g/mol. The van der Waals surface area contributed by atoms with E-state index in [0.717, 1.165) is 36.9 Å². The van der Waals surface area contributed by atoms with Crippen molar-refractivity contribution in [2.45, 2.75) is 45.1 Å². The summed E-state index contributed by atoms with van der Waals surface area (Å²) in [7, 11) is 0. The summed E-state index contributed by atoms with van der Waals surface area (Å²) < 4.78 is 14.3. The molecule has 3 heterocycles. The molecular formula is C24H26FN5O2. The molecule has 0 aliphatic carbocycles. The first-order valence-corrected chi connectivity index (χ1v) is 11.0. The van der Waals surface area contributed by atoms with Crippen LogP contribution in [0.5, 0.6) is 0 Å². The molecule has 0 spiro atoms. The Morgan fingerprint density at radius 2 is 1.84 bits per heavy atom. The Hall–Kier alpha value is -3.26. The number of aliphatic hydroxyl groups excluding tert-OH is 1. The molecule has 1 aliphatic heterocycles. The number of unbranched alkanes of at least 4 members (excludes halogenated alkanes) is 3. The molecule has 2 aromatic heterocycles. The number of rotatable bonds is 9. The molecule has 166 valence electrons. The fourth-order valence-electron chi connectivity index (χ4n) is 3.87. The Labute approximate surface area is 186 Å². The van der Waals surface area contributed by atoms with Gasteiger partial charge in [-0.2, -0.15) is 0 Å². The topological polar surface area (TPSA) is 92.1 Å². The summed E-state index contributed by atoms with van der Waals surface area (Å²) in [6, 6.07) is 6.30. The maximum absolute atomic E-state index is 14.3. The summed E-state index contributed by atoms with van der Waals surface area (Å²) in [6.45, 7) is 1.38. The van der Waals surface area contributed by atoms with Gasteiger partial charge in [-0.1, -0.05) is 12.8 Å². The quantitative estimate of drug-likeness (QED) is 0.404. The zero-order valence-corrected chi connectivity index (χ0v) is 17.9. The fraction of sp³-hybridized carbons (Fsp3) is 0.375. The van der Waals surface area contributed by atoms with Gasteiger partial charge < -0.3 is 10.0 Å². The van der Waals surface area contributed by atoms with E-state index in [4.69, 9.17) is 5.11 Å². The zero-order chi connectivity index (χ0) is 22.3. The smallest absolute Gasteiger partial charge is 0.197 e. The third kappa shape index (κ3) is 5.31. The van der Waals surface area contributed by atoms with E-state index in [-0.39, 0.29) is 12.4 Å². The van der Waals surface area contributed by atoms with Crippen molar-refractivity contribution in [3.05, 3.63) is 65.5 Å². The maximum atomic E-state index is 14.3. The van der Waals surface area contributed by atoms with Crippen molar-refractivity contribution in [1.82, 2.24) is 19.9 Å². The number of Topliss-reactive ketones (excluding diaryl/α,β-unsaturated/α-hetero) is 1. The molecule has 3 aromatic rings. The van der Waals surface area contributed by atoms with Crippen LogP contribution >= 0.6 is 0 Å². The normalized spacial score (nSPS) is 13.1. The van der Waals surface area contributed by atoms with E-state index in [0.29, 0.717) is 48.8 Å². The Kier molecular flexibility index (Phi) is 7.11. The van der Waals surface area contributed by atoms with Crippen LogP contribution in [0.15, 0.2) is 42.9 Å². The fourth-order valence-corrected chi connectivity index (χ4v) is 3.87. The van der Waals surface area contributed by atoms with Crippen LogP contribution in [0.1, 0.15) is 53.7 Å². The minimum atomic E-state index is -0.412. The van der Waals surface area contributed by atoms with Crippen molar-refractivity contribution < 1.29 is 14.3 Å². The molecule has 1 aromatic carbocycles. The molecule has 0 amide bonds. The van der Waals surface area contributed by atoms with Gasteiger partial charge in [0.05, 0.1) is 5.69 Å². The second kappa shape index (κ2) is 10.4. The zero-order valence-electron chi connectivity index (χ0n) is 17.9. The minimum Gasteiger partial charge on any atom is -0.396 e. The molecule has 0 atom stereocenters. The lowest BCUT2D eigenvalue weighted by atomic mass is 10.0. The number of halogens is 1. The first-order valence-electron chi connectivity index (χ1n) is 11.0. The first kappa shape index (κ1) is 22.0. The lowest BCUT2D eigenvalue weighted by molar-refractivity contribution is 0.0978. The Bertz CT molecular complexity index is 1080. The number of carbonyl (C=O) groups is 1. The predicted octanol–water partition coefficient (Wildman–Crippen LogP) is 3.76. The van der Waals surface area contributed by atoms with Crippen molar-refractivity contribution in [3.63, 3.8) is 0 Å². The van der Waals surface area contributed by atoms with Gasteiger partial charge in [0.2, 0.25) is 0 Å². The molecule has 0 radical (unpaired) electrons. The Morgan fingerprint density at radius 3 is 2.66 bits per heavy atom. The summed E-state index contributed by atoms with van der Waals surface area (Å²) in [5, 5.41) is 8.84. The molecule has 0 unspecified atom stereocenters. The van der Waals surface area contributed by atoms with Crippen LogP contribution in [-0.2, 0) is 13.0 Å². The number of fused-ring (bicyclic) bond motifs is 1. The summed E-state index contributed by atoms with van der Waals surface area (Å²) in [5.74, 6) is 0.519. The average molecular weight is 436 g/mol. The van der Waals surface area contributed by atoms with Gasteiger partial charge in [-0.25, -0.2) is 24.3 Å². The van der Waals surface area contributed by atoms with Gasteiger partial charge in [-0.3, -0.25) is 4.79 Å². The van der Waals surface area contributed by atoms with Crippen LogP contribution in [0.3, 0.4) is 0 Å². The van der Waals surface area contributed by atoms with Crippen molar-refractivity contribution >= 4 is 11.5 Å². The Morgan fingerprint density at radius 1 is 1.03 bits per heavy atom. The lowest BCUT2D eigenvalue weighted by Crippen LogP contribution is -2.31. The highest BCUT2D eigenvalue weighted by Gasteiger charge is 2.21. The molecule has 7 nitrogen and oxygen atoms in total. The highest BCUT2D eigenvalue weighted by molar-refractivity contribution is 5.97. The molecule has 0 bridgehead atoms. The molecule has 1 N–H and O–H groups in total. The average Bonchev–Trinajstić information content (AvgIpc) is 2.83. The number of carbonyl (C=O) groups excluding carboxylic acids is 1. The number of nitrogens with zero attached hydrogens (tertiary/aromatic N) is 5. The molecule has 0 saturated heterocycles. The van der Waals surface area contributed by atoms with Crippen LogP contribution < -0.4 is 4.90 Å². The summed E-state index contributed by atoms with van der Waals surface area (Å²) in [5.41, 5.74) is 3.00. The third-order valence-corrected chi connectivity index (χ3v) is 5.58. The molecule has 32 heavy (non-hydrogen) atoms. The monoisotopic (exact) mass is 435 g/mol. The molecule has 1 aliphatic rings. The van der Waals surface area contributed by atoms with Crippen LogP contribution in [-0.4, -0.2) is 44.0 Å². The van der Waals surface area contributed by atoms with Crippen molar-refractivity contribution in [2.75, 3.05) is 18.1 Å². The second-order valence-electron chi connectivity index (χ2n) is 7.92. The predicted molar refractivity (Wildman–Crippen MR) is 119 cm³/mol. The molecule has 0 saturated carbocycles. The first-order chi connectivity index (χ1) is 15.6. The number of aromatic nitrogens is 4. The molecule has 8 heteroatoms. The van der Waals surface area contributed by atoms with Gasteiger partial charge in [0.25, 0.3) is 0 Å². The van der Waals surface area contributed by atoms with Gasteiger partial charge in [0, 0.05) is 67.9 Å². The van der Waals surface area contributed by atoms with E-state index in [9.17, 15) is 9.18 Å². The molecule has 0 fully saturated rings. The highest BCUT2D eigenvalue weighted by Crippen LogP contribution is 2.26. The van der Waals surface area contributed by atoms with Gasteiger partial charge >= 0.3 is 0 Å². The highest BCUT2D eigenvalue weighted by atomic mass is 19.1. The number of ketones is 1. The molecule has 4 rings (SSSR count). The summed E-state index contributed by atoms with van der Waals surface area (Å²) in [6.07, 6.45) is 9.43. The number of hydrogen-bond donors (Lipinski definition) is 1. The van der Waals surface area contributed by atoms with Crippen LogP contribution in [0.4, 0.5) is 10.1 Å². The van der Waals surface area contributed by atoms with E-state index in [1.807, 2.05) is 4.90 Å². The lowest BCUT2D eigenvalue weighted by Gasteiger charge is -2.30. The number of anilines is 1. The summed E-state index contributed by atoms with van der Waals surface area (Å²) in [4.78, 5) is 32.0. The van der Waals surface area contributed by atoms with Gasteiger partial charge in [0.15, 0.2) is 17.4 Å². The third-order valence-electron chi connectivity index (χ3n) is 5.58. The van der Waals surface area contributed by atoms with E-state index < -0.39 is 5.82 Å². The van der Waals surface area contributed by atoms with Gasteiger partial charge in [-0.05, 0) is 37.1 Å². The number of hydrogen-bond acceptors (Lipinski definition) is 7. The van der Waals surface area contributed by atoms with Crippen molar-refractivity contribution in [1.29, 1.82) is 0 Å².